The molecule has 0 saturated carbocycles. The summed E-state index contributed by atoms with van der Waals surface area (Å²) in [5.74, 6) is 0.785. The van der Waals surface area contributed by atoms with Gasteiger partial charge in [0.05, 0.1) is 5.25 Å². The Labute approximate surface area is 155 Å². The quantitative estimate of drug-likeness (QED) is 0.726. The molecule has 1 amide bonds. The molecular weight excluding hydrogens is 348 g/mol. The number of fused-ring (bicyclic) bond motifs is 3. The van der Waals surface area contributed by atoms with Gasteiger partial charge in [0, 0.05) is 31.1 Å². The Hall–Kier alpha value is -2.02. The minimum absolute atomic E-state index is 0.0164. The molecular formula is C20H22N2O3S. The van der Waals surface area contributed by atoms with Gasteiger partial charge in [-0.25, -0.2) is 4.21 Å². The minimum Gasteiger partial charge on any atom is -0.352 e. The van der Waals surface area contributed by atoms with Crippen LogP contribution in [0.25, 0.3) is 11.1 Å². The molecule has 1 saturated heterocycles. The third-order valence-electron chi connectivity index (χ3n) is 5.55. The van der Waals surface area contributed by atoms with E-state index in [9.17, 15) is 13.6 Å². The van der Waals surface area contributed by atoms with Crippen LogP contribution in [0.15, 0.2) is 42.5 Å². The first-order chi connectivity index (χ1) is 12.5. The molecule has 2 aromatic rings. The van der Waals surface area contributed by atoms with Crippen molar-refractivity contribution in [1.82, 2.24) is 10.6 Å². The molecule has 4 rings (SSSR count). The lowest BCUT2D eigenvalue weighted by Crippen LogP contribution is -2.28. The lowest BCUT2D eigenvalue weighted by atomic mass is 9.86. The van der Waals surface area contributed by atoms with Crippen molar-refractivity contribution in [3.05, 3.63) is 59.2 Å². The Bertz CT molecular complexity index is 883. The van der Waals surface area contributed by atoms with Crippen LogP contribution in [0.5, 0.6) is 0 Å². The fourth-order valence-electron chi connectivity index (χ4n) is 3.97. The molecule has 3 N–H and O–H groups in total. The predicted molar refractivity (Wildman–Crippen MR) is 102 cm³/mol. The summed E-state index contributed by atoms with van der Waals surface area (Å²) in [4.78, 5) is 12.6. The van der Waals surface area contributed by atoms with Gasteiger partial charge in [-0.05, 0) is 47.2 Å². The van der Waals surface area contributed by atoms with E-state index in [0.29, 0.717) is 18.4 Å². The number of nitrogens with one attached hydrogen (secondary N) is 2. The highest BCUT2D eigenvalue weighted by atomic mass is 32.2. The highest BCUT2D eigenvalue weighted by molar-refractivity contribution is 7.79. The third-order valence-corrected chi connectivity index (χ3v) is 6.43. The van der Waals surface area contributed by atoms with Gasteiger partial charge in [0.1, 0.15) is 0 Å². The van der Waals surface area contributed by atoms with E-state index >= 15 is 0 Å². The number of carbonyl (C=O) groups excluding carboxylic acids is 1. The normalized spacial score (nSPS) is 24.2. The Morgan fingerprint density at radius 2 is 1.92 bits per heavy atom. The lowest BCUT2D eigenvalue weighted by Gasteiger charge is -2.17. The third kappa shape index (κ3) is 3.09. The van der Waals surface area contributed by atoms with Gasteiger partial charge in [-0.3, -0.25) is 4.79 Å². The molecule has 4 unspecified atom stereocenters. The fourth-order valence-corrected chi connectivity index (χ4v) is 4.35. The minimum atomic E-state index is -1.91. The maximum Gasteiger partial charge on any atom is 0.251 e. The molecule has 2 aromatic carbocycles. The number of benzene rings is 2. The number of carbonyl (C=O) groups is 1. The van der Waals surface area contributed by atoms with Crippen LogP contribution in [0.3, 0.4) is 0 Å². The SMILES string of the molecule is CC(c1cccc(-c2ccc3c(c2)C(=O)NCC2CNCC32)c1)S(=O)O. The second-order valence-electron chi connectivity index (χ2n) is 7.08. The zero-order chi connectivity index (χ0) is 18.3. The summed E-state index contributed by atoms with van der Waals surface area (Å²) in [6.07, 6.45) is 0. The van der Waals surface area contributed by atoms with E-state index in [1.54, 1.807) is 6.92 Å². The molecule has 26 heavy (non-hydrogen) atoms. The van der Waals surface area contributed by atoms with Crippen molar-refractivity contribution in [3.63, 3.8) is 0 Å². The van der Waals surface area contributed by atoms with E-state index in [1.165, 1.54) is 0 Å². The van der Waals surface area contributed by atoms with E-state index in [0.717, 1.165) is 40.9 Å². The highest BCUT2D eigenvalue weighted by Gasteiger charge is 2.34. The molecule has 0 spiro atoms. The van der Waals surface area contributed by atoms with Crippen molar-refractivity contribution in [3.8, 4) is 11.1 Å². The van der Waals surface area contributed by atoms with Crippen LogP contribution in [0.4, 0.5) is 0 Å². The van der Waals surface area contributed by atoms with Crippen LogP contribution in [0.2, 0.25) is 0 Å². The second-order valence-corrected chi connectivity index (χ2v) is 8.34. The van der Waals surface area contributed by atoms with E-state index in [4.69, 9.17) is 0 Å². The number of rotatable bonds is 3. The van der Waals surface area contributed by atoms with Gasteiger partial charge in [-0.2, -0.15) is 0 Å². The van der Waals surface area contributed by atoms with E-state index in [2.05, 4.69) is 16.7 Å². The molecule has 0 aromatic heterocycles. The largest absolute Gasteiger partial charge is 0.352 e. The first-order valence-electron chi connectivity index (χ1n) is 8.87. The monoisotopic (exact) mass is 370 g/mol. The van der Waals surface area contributed by atoms with Crippen LogP contribution in [-0.4, -0.2) is 34.3 Å². The zero-order valence-electron chi connectivity index (χ0n) is 14.6. The summed E-state index contributed by atoms with van der Waals surface area (Å²) in [5.41, 5.74) is 4.55. The average molecular weight is 370 g/mol. The lowest BCUT2D eigenvalue weighted by molar-refractivity contribution is 0.0952. The molecule has 0 aliphatic carbocycles. The zero-order valence-corrected chi connectivity index (χ0v) is 15.4. The van der Waals surface area contributed by atoms with Gasteiger partial charge < -0.3 is 15.2 Å². The Kier molecular flexibility index (Phi) is 4.65. The van der Waals surface area contributed by atoms with Gasteiger partial charge in [0.2, 0.25) is 0 Å². The Balaban J connectivity index is 1.75. The predicted octanol–water partition coefficient (Wildman–Crippen LogP) is 2.68. The van der Waals surface area contributed by atoms with Crippen molar-refractivity contribution in [2.75, 3.05) is 19.6 Å². The standard InChI is InChI=1S/C20H22N2O3S/c1-12(26(24)25)13-3-2-4-14(7-13)15-5-6-17-18(8-15)20(23)22-10-16-9-21-11-19(16)17/h2-8,12,16,19,21H,9-11H2,1H3,(H,22,23)(H,24,25). The molecule has 4 atom stereocenters. The fraction of sp³-hybridized carbons (Fsp3) is 0.350. The number of hydrogen-bond donors (Lipinski definition) is 3. The molecule has 136 valence electrons. The summed E-state index contributed by atoms with van der Waals surface area (Å²) in [7, 11) is 0. The Morgan fingerprint density at radius 3 is 2.73 bits per heavy atom. The summed E-state index contributed by atoms with van der Waals surface area (Å²) >= 11 is -1.91. The molecule has 1 fully saturated rings. The van der Waals surface area contributed by atoms with Crippen molar-refractivity contribution < 1.29 is 13.6 Å². The van der Waals surface area contributed by atoms with Crippen LogP contribution in [0, 0.1) is 5.92 Å². The molecule has 2 aliphatic rings. The van der Waals surface area contributed by atoms with Crippen LogP contribution in [-0.2, 0) is 11.1 Å². The molecule has 0 bridgehead atoms. The van der Waals surface area contributed by atoms with E-state index in [1.807, 2.05) is 36.4 Å². The number of hydrogen-bond acceptors (Lipinski definition) is 3. The van der Waals surface area contributed by atoms with Gasteiger partial charge in [0.25, 0.3) is 5.91 Å². The summed E-state index contributed by atoms with van der Waals surface area (Å²) in [5, 5.41) is 6.01. The number of amides is 1. The summed E-state index contributed by atoms with van der Waals surface area (Å²) in [6, 6.07) is 13.7. The first-order valence-corrected chi connectivity index (χ1v) is 10.0. The highest BCUT2D eigenvalue weighted by Crippen LogP contribution is 2.35. The van der Waals surface area contributed by atoms with E-state index in [-0.39, 0.29) is 5.91 Å². The average Bonchev–Trinajstić information content (AvgIpc) is 3.08. The van der Waals surface area contributed by atoms with Crippen molar-refractivity contribution in [1.29, 1.82) is 0 Å². The molecule has 2 aliphatic heterocycles. The van der Waals surface area contributed by atoms with Crippen molar-refractivity contribution >= 4 is 17.0 Å². The van der Waals surface area contributed by atoms with E-state index < -0.39 is 16.3 Å². The second kappa shape index (κ2) is 6.95. The topological polar surface area (TPSA) is 78.4 Å². The van der Waals surface area contributed by atoms with Gasteiger partial charge in [0.15, 0.2) is 11.1 Å². The maximum atomic E-state index is 12.6. The molecule has 0 radical (unpaired) electrons. The summed E-state index contributed by atoms with van der Waals surface area (Å²) < 4.78 is 20.7. The van der Waals surface area contributed by atoms with Gasteiger partial charge in [-0.1, -0.05) is 30.3 Å². The summed E-state index contributed by atoms with van der Waals surface area (Å²) in [6.45, 7) is 4.27. The van der Waals surface area contributed by atoms with Crippen LogP contribution < -0.4 is 10.6 Å². The first kappa shape index (κ1) is 17.4. The van der Waals surface area contributed by atoms with Crippen LogP contribution in [0.1, 0.15) is 39.6 Å². The molecule has 6 heteroatoms. The molecule has 5 nitrogen and oxygen atoms in total. The smallest absolute Gasteiger partial charge is 0.251 e. The van der Waals surface area contributed by atoms with Crippen molar-refractivity contribution in [2.45, 2.75) is 18.1 Å². The Morgan fingerprint density at radius 1 is 1.12 bits per heavy atom. The van der Waals surface area contributed by atoms with Gasteiger partial charge >= 0.3 is 0 Å². The van der Waals surface area contributed by atoms with Crippen LogP contribution >= 0.6 is 0 Å². The molecule has 2 heterocycles. The van der Waals surface area contributed by atoms with Gasteiger partial charge in [-0.15, -0.1) is 0 Å². The van der Waals surface area contributed by atoms with Crippen molar-refractivity contribution in [2.24, 2.45) is 5.92 Å². The maximum absolute atomic E-state index is 12.6.